The smallest absolute Gasteiger partial charge is 0.0616 e. The Kier molecular flexibility index (Phi) is 5.23. The number of rotatable bonds is 7. The molecular formula is C18H34N2O. The molecule has 0 spiro atoms. The summed E-state index contributed by atoms with van der Waals surface area (Å²) in [6.07, 6.45) is 11.8. The Morgan fingerprint density at radius 1 is 1.14 bits per heavy atom. The van der Waals surface area contributed by atoms with Crippen LogP contribution in [0.4, 0.5) is 0 Å². The monoisotopic (exact) mass is 294 g/mol. The predicted molar refractivity (Wildman–Crippen MR) is 87.4 cm³/mol. The lowest BCUT2D eigenvalue weighted by molar-refractivity contribution is 0.102. The molecule has 1 heterocycles. The van der Waals surface area contributed by atoms with E-state index in [0.717, 1.165) is 5.92 Å². The molecule has 3 rings (SSSR count). The van der Waals surface area contributed by atoms with Gasteiger partial charge in [-0.25, -0.2) is 0 Å². The van der Waals surface area contributed by atoms with Gasteiger partial charge in [0.05, 0.1) is 6.61 Å². The maximum atomic E-state index is 9.99. The minimum absolute atomic E-state index is 0.0584. The van der Waals surface area contributed by atoms with Crippen molar-refractivity contribution < 1.29 is 5.11 Å². The van der Waals surface area contributed by atoms with E-state index in [1.807, 2.05) is 0 Å². The first-order valence-electron chi connectivity index (χ1n) is 9.36. The first kappa shape index (κ1) is 15.8. The number of aliphatic hydroxyl groups is 1. The van der Waals surface area contributed by atoms with Crippen molar-refractivity contribution in [2.75, 3.05) is 26.2 Å². The van der Waals surface area contributed by atoms with E-state index >= 15 is 0 Å². The number of likely N-dealkylation sites (tertiary alicyclic amines) is 1. The summed E-state index contributed by atoms with van der Waals surface area (Å²) in [7, 11) is 0. The van der Waals surface area contributed by atoms with Crippen LogP contribution in [0.1, 0.15) is 64.7 Å². The number of nitrogens with zero attached hydrogens (tertiary/aromatic N) is 1. The molecule has 3 aliphatic rings. The van der Waals surface area contributed by atoms with Crippen molar-refractivity contribution in [1.82, 2.24) is 10.2 Å². The Balaban J connectivity index is 1.47. The van der Waals surface area contributed by atoms with Crippen molar-refractivity contribution >= 4 is 0 Å². The van der Waals surface area contributed by atoms with Crippen molar-refractivity contribution in [2.24, 2.45) is 11.8 Å². The van der Waals surface area contributed by atoms with E-state index in [0.29, 0.717) is 18.6 Å². The quantitative estimate of drug-likeness (QED) is 0.758. The number of nitrogens with one attached hydrogen (secondary N) is 1. The van der Waals surface area contributed by atoms with Gasteiger partial charge in [-0.1, -0.05) is 19.8 Å². The molecule has 0 aromatic carbocycles. The highest BCUT2D eigenvalue weighted by Gasteiger charge is 2.44. The van der Waals surface area contributed by atoms with Gasteiger partial charge >= 0.3 is 0 Å². The minimum Gasteiger partial charge on any atom is -0.394 e. The second-order valence-corrected chi connectivity index (χ2v) is 7.80. The molecule has 1 aliphatic heterocycles. The summed E-state index contributed by atoms with van der Waals surface area (Å²) in [6.45, 7) is 6.51. The molecule has 2 aliphatic carbocycles. The normalized spacial score (nSPS) is 35.4. The van der Waals surface area contributed by atoms with Gasteiger partial charge in [-0.05, 0) is 76.4 Å². The number of hydrogen-bond acceptors (Lipinski definition) is 3. The van der Waals surface area contributed by atoms with Crippen LogP contribution in [0, 0.1) is 11.8 Å². The topological polar surface area (TPSA) is 35.5 Å². The Hall–Kier alpha value is -0.120. The maximum Gasteiger partial charge on any atom is 0.0616 e. The van der Waals surface area contributed by atoms with Gasteiger partial charge in [0, 0.05) is 11.6 Å². The van der Waals surface area contributed by atoms with Crippen LogP contribution in [0.15, 0.2) is 0 Å². The average Bonchev–Trinajstić information content (AvgIpc) is 3.25. The molecule has 122 valence electrons. The second-order valence-electron chi connectivity index (χ2n) is 7.80. The van der Waals surface area contributed by atoms with Crippen LogP contribution in [0.2, 0.25) is 0 Å². The third-order valence-electron chi connectivity index (χ3n) is 6.39. The second kappa shape index (κ2) is 6.97. The number of aliphatic hydroxyl groups excluding tert-OH is 1. The maximum absolute atomic E-state index is 9.99. The molecule has 3 heteroatoms. The molecule has 2 atom stereocenters. The summed E-state index contributed by atoms with van der Waals surface area (Å²) >= 11 is 0. The lowest BCUT2D eigenvalue weighted by Crippen LogP contribution is -2.53. The fourth-order valence-corrected chi connectivity index (χ4v) is 4.60. The molecule has 0 bridgehead atoms. The van der Waals surface area contributed by atoms with Crippen molar-refractivity contribution in [2.45, 2.75) is 76.3 Å². The average molecular weight is 294 g/mol. The van der Waals surface area contributed by atoms with Crippen molar-refractivity contribution in [3.8, 4) is 0 Å². The molecule has 3 fully saturated rings. The van der Waals surface area contributed by atoms with Gasteiger partial charge in [0.15, 0.2) is 0 Å². The van der Waals surface area contributed by atoms with Crippen LogP contribution in [0.5, 0.6) is 0 Å². The van der Waals surface area contributed by atoms with Crippen molar-refractivity contribution in [1.29, 1.82) is 0 Å². The summed E-state index contributed by atoms with van der Waals surface area (Å²) in [6, 6.07) is 0.707. The zero-order valence-corrected chi connectivity index (χ0v) is 13.8. The summed E-state index contributed by atoms with van der Waals surface area (Å²) in [4.78, 5) is 2.67. The number of hydrogen-bond donors (Lipinski definition) is 2. The van der Waals surface area contributed by atoms with Gasteiger partial charge < -0.3 is 15.3 Å². The van der Waals surface area contributed by atoms with Crippen LogP contribution in [-0.2, 0) is 0 Å². The van der Waals surface area contributed by atoms with Crippen LogP contribution >= 0.6 is 0 Å². The van der Waals surface area contributed by atoms with Crippen LogP contribution in [0.25, 0.3) is 0 Å². The van der Waals surface area contributed by atoms with E-state index in [1.54, 1.807) is 0 Å². The zero-order chi connectivity index (χ0) is 14.7. The highest BCUT2D eigenvalue weighted by molar-refractivity contribution is 5.03. The molecule has 1 saturated heterocycles. The van der Waals surface area contributed by atoms with Gasteiger partial charge in [0.2, 0.25) is 0 Å². The molecule has 2 N–H and O–H groups in total. The van der Waals surface area contributed by atoms with E-state index in [2.05, 4.69) is 17.1 Å². The van der Waals surface area contributed by atoms with Gasteiger partial charge in [-0.15, -0.1) is 0 Å². The van der Waals surface area contributed by atoms with Gasteiger partial charge in [-0.3, -0.25) is 0 Å². The fourth-order valence-electron chi connectivity index (χ4n) is 4.60. The highest BCUT2D eigenvalue weighted by atomic mass is 16.3. The summed E-state index contributed by atoms with van der Waals surface area (Å²) in [5, 5.41) is 13.8. The fraction of sp³-hybridized carbons (Fsp3) is 1.00. The van der Waals surface area contributed by atoms with Crippen LogP contribution in [0.3, 0.4) is 0 Å². The molecular weight excluding hydrogens is 260 g/mol. The highest BCUT2D eigenvalue weighted by Crippen LogP contribution is 2.40. The van der Waals surface area contributed by atoms with E-state index < -0.39 is 0 Å². The van der Waals surface area contributed by atoms with Gasteiger partial charge in [0.1, 0.15) is 0 Å². The first-order chi connectivity index (χ1) is 10.3. The third-order valence-corrected chi connectivity index (χ3v) is 6.39. The van der Waals surface area contributed by atoms with E-state index in [9.17, 15) is 5.11 Å². The standard InChI is InChI=1S/C18H34N2O/c1-2-15-7-11-20(12-8-15)13-9-16-4-3-10-18(16,14-21)19-17-5-6-17/h15-17,19,21H,2-14H2,1H3. The predicted octanol–water partition coefficient (Wildman–Crippen LogP) is 2.78. The Morgan fingerprint density at radius 3 is 2.52 bits per heavy atom. The van der Waals surface area contributed by atoms with E-state index in [-0.39, 0.29) is 5.54 Å². The van der Waals surface area contributed by atoms with Gasteiger partial charge in [-0.2, -0.15) is 0 Å². The Bertz CT molecular complexity index is 323. The lowest BCUT2D eigenvalue weighted by atomic mass is 9.84. The molecule has 2 unspecified atom stereocenters. The third kappa shape index (κ3) is 3.80. The molecule has 2 saturated carbocycles. The van der Waals surface area contributed by atoms with Gasteiger partial charge in [0.25, 0.3) is 0 Å². The zero-order valence-electron chi connectivity index (χ0n) is 13.8. The Morgan fingerprint density at radius 2 is 1.90 bits per heavy atom. The molecule has 0 aromatic rings. The summed E-state index contributed by atoms with van der Waals surface area (Å²) in [5.74, 6) is 1.66. The molecule has 0 radical (unpaired) electrons. The Labute approximate surface area is 130 Å². The molecule has 0 amide bonds. The largest absolute Gasteiger partial charge is 0.394 e. The van der Waals surface area contributed by atoms with E-state index in [4.69, 9.17) is 0 Å². The number of piperidine rings is 1. The minimum atomic E-state index is 0.0584. The summed E-state index contributed by atoms with van der Waals surface area (Å²) < 4.78 is 0. The molecule has 21 heavy (non-hydrogen) atoms. The van der Waals surface area contributed by atoms with Crippen molar-refractivity contribution in [3.05, 3.63) is 0 Å². The van der Waals surface area contributed by atoms with Crippen LogP contribution in [-0.4, -0.2) is 47.8 Å². The summed E-state index contributed by atoms with van der Waals surface area (Å²) in [5.41, 5.74) is 0.0584. The van der Waals surface area contributed by atoms with Crippen molar-refractivity contribution in [3.63, 3.8) is 0 Å². The lowest BCUT2D eigenvalue weighted by Gasteiger charge is -2.37. The first-order valence-corrected chi connectivity index (χ1v) is 9.36. The van der Waals surface area contributed by atoms with E-state index in [1.165, 1.54) is 77.4 Å². The SMILES string of the molecule is CCC1CCN(CCC2CCCC2(CO)NC2CC2)CC1. The molecule has 3 nitrogen and oxygen atoms in total. The molecule has 0 aromatic heterocycles. The van der Waals surface area contributed by atoms with Crippen LogP contribution < -0.4 is 5.32 Å².